The van der Waals surface area contributed by atoms with Gasteiger partial charge in [-0.3, -0.25) is 0 Å². The van der Waals surface area contributed by atoms with Crippen molar-refractivity contribution in [2.45, 2.75) is 121 Å². The molecule has 0 spiro atoms. The molecule has 1 rings (SSSR count). The first-order valence-corrected chi connectivity index (χ1v) is 15.5. The van der Waals surface area contributed by atoms with Crippen LogP contribution in [0.25, 0.3) is 0 Å². The molecule has 1 fully saturated rings. The molecule has 1 aliphatic rings. The Balaban J connectivity index is 3.50. The van der Waals surface area contributed by atoms with E-state index in [9.17, 15) is 9.59 Å². The molecule has 0 aromatic rings. The zero-order valence-corrected chi connectivity index (χ0v) is 22.4. The summed E-state index contributed by atoms with van der Waals surface area (Å²) < 4.78 is -0.144. The van der Waals surface area contributed by atoms with Gasteiger partial charge in [-0.25, -0.2) is 0 Å². The molecule has 29 heavy (non-hydrogen) atoms. The van der Waals surface area contributed by atoms with Gasteiger partial charge in [-0.1, -0.05) is 0 Å². The molecule has 0 aromatic heterocycles. The van der Waals surface area contributed by atoms with Gasteiger partial charge >= 0.3 is 187 Å². The Morgan fingerprint density at radius 1 is 0.897 bits per heavy atom. The van der Waals surface area contributed by atoms with E-state index in [0.29, 0.717) is 12.8 Å². The van der Waals surface area contributed by atoms with Crippen molar-refractivity contribution in [2.75, 3.05) is 0 Å². The molecular weight excluding hydrogens is 396 g/mol. The van der Waals surface area contributed by atoms with Crippen LogP contribution in [-0.2, 0) is 27.5 Å². The molecule has 4 nitrogen and oxygen atoms in total. The molecule has 2 amide bonds. The van der Waals surface area contributed by atoms with E-state index in [1.807, 2.05) is 6.92 Å². The molecule has 0 aliphatic heterocycles. The Morgan fingerprint density at radius 2 is 1.38 bits per heavy atom. The van der Waals surface area contributed by atoms with Crippen LogP contribution in [0.4, 0.5) is 0 Å². The van der Waals surface area contributed by atoms with Crippen molar-refractivity contribution >= 4 is 11.8 Å². The molecular formula is C24H47N2O2Ti. The molecule has 2 N–H and O–H groups in total. The summed E-state index contributed by atoms with van der Waals surface area (Å²) >= 11 is -1.59. The molecule has 0 heterocycles. The summed E-state index contributed by atoms with van der Waals surface area (Å²) in [6.45, 7) is 18.2. The second-order valence-corrected chi connectivity index (χ2v) is 16.2. The van der Waals surface area contributed by atoms with Crippen LogP contribution in [0, 0.1) is 16.2 Å². The van der Waals surface area contributed by atoms with Crippen LogP contribution in [0.2, 0.25) is 10.5 Å². The quantitative estimate of drug-likeness (QED) is 0.484. The van der Waals surface area contributed by atoms with E-state index in [0.717, 1.165) is 32.1 Å². The van der Waals surface area contributed by atoms with E-state index in [-0.39, 0.29) is 37.9 Å². The van der Waals surface area contributed by atoms with Crippen LogP contribution >= 0.6 is 0 Å². The zero-order chi connectivity index (χ0) is 22.7. The number of amides is 2. The Labute approximate surface area is 186 Å². The molecule has 2 atom stereocenters. The van der Waals surface area contributed by atoms with Crippen LogP contribution < -0.4 is 10.6 Å². The van der Waals surface area contributed by atoms with E-state index in [2.05, 4.69) is 69.6 Å². The first-order chi connectivity index (χ1) is 13.1. The van der Waals surface area contributed by atoms with Gasteiger partial charge in [0.25, 0.3) is 0 Å². The summed E-state index contributed by atoms with van der Waals surface area (Å²) in [5.41, 5.74) is 0.147. The third-order valence-corrected chi connectivity index (χ3v) is 11.1. The van der Waals surface area contributed by atoms with Crippen LogP contribution in [-0.4, -0.2) is 21.7 Å². The Kier molecular flexibility index (Phi) is 9.07. The molecule has 1 saturated carbocycles. The summed E-state index contributed by atoms with van der Waals surface area (Å²) in [7, 11) is 0. The Hall–Kier alpha value is -0.346. The van der Waals surface area contributed by atoms with Gasteiger partial charge in [0, 0.05) is 0 Å². The van der Waals surface area contributed by atoms with Crippen LogP contribution in [0.3, 0.4) is 0 Å². The Morgan fingerprint density at radius 3 is 1.79 bits per heavy atom. The minimum atomic E-state index is -1.59. The molecule has 0 bridgehead atoms. The van der Waals surface area contributed by atoms with Gasteiger partial charge in [0.05, 0.1) is 0 Å². The normalized spacial score (nSPS) is 24.7. The van der Waals surface area contributed by atoms with Gasteiger partial charge in [0.15, 0.2) is 0 Å². The fourth-order valence-electron chi connectivity index (χ4n) is 5.63. The van der Waals surface area contributed by atoms with Crippen molar-refractivity contribution in [3.8, 4) is 0 Å². The molecule has 169 valence electrons. The average molecular weight is 444 g/mol. The summed E-state index contributed by atoms with van der Waals surface area (Å²) in [6.07, 6.45) is 5.77. The number of hydrogen-bond acceptors (Lipinski definition) is 2. The van der Waals surface area contributed by atoms with Gasteiger partial charge in [-0.2, -0.15) is 0 Å². The van der Waals surface area contributed by atoms with Gasteiger partial charge in [-0.15, -0.1) is 0 Å². The number of carbonyl (C=O) groups is 2. The van der Waals surface area contributed by atoms with Crippen molar-refractivity contribution in [1.29, 1.82) is 0 Å². The van der Waals surface area contributed by atoms with Crippen molar-refractivity contribution < 1.29 is 27.5 Å². The van der Waals surface area contributed by atoms with Crippen molar-refractivity contribution in [1.82, 2.24) is 10.6 Å². The number of rotatable bonds is 7. The van der Waals surface area contributed by atoms with Gasteiger partial charge < -0.3 is 0 Å². The number of nitrogens with one attached hydrogen (secondary N) is 2. The molecule has 0 aromatic carbocycles. The van der Waals surface area contributed by atoms with Gasteiger partial charge in [-0.05, 0) is 0 Å². The summed E-state index contributed by atoms with van der Waals surface area (Å²) in [4.78, 5) is 25.3. The topological polar surface area (TPSA) is 58.2 Å². The third-order valence-electron chi connectivity index (χ3n) is 7.32. The molecule has 5 heteroatoms. The zero-order valence-electron chi connectivity index (χ0n) is 20.8. The maximum atomic E-state index is 12.8. The summed E-state index contributed by atoms with van der Waals surface area (Å²) in [6, 6.07) is 0.116. The molecule has 1 aliphatic carbocycles. The van der Waals surface area contributed by atoms with Crippen molar-refractivity contribution in [3.05, 3.63) is 0 Å². The minimum absolute atomic E-state index is 0.0200. The van der Waals surface area contributed by atoms with Crippen LogP contribution in [0.1, 0.15) is 100 Å². The van der Waals surface area contributed by atoms with E-state index in [1.165, 1.54) is 0 Å². The predicted molar refractivity (Wildman–Crippen MR) is 120 cm³/mol. The fourth-order valence-corrected chi connectivity index (χ4v) is 8.28. The second kappa shape index (κ2) is 9.85. The van der Waals surface area contributed by atoms with E-state index >= 15 is 0 Å². The number of carbonyl (C=O) groups excluding carboxylic acids is 2. The first kappa shape index (κ1) is 26.7. The standard InChI is InChI=1S/C22H41N2O2.2CH3.Ti/c1-9-11-18(25)23-16-13-17(24-19(26)12-10-2)15-22(14-16,20(3,4)5)21(6,7)8;;;/h16H,9-15H2,1-8H3,(H,23,25)(H,24,26);2*1H3;. The summed E-state index contributed by atoms with van der Waals surface area (Å²) in [5.74, 6) is 0.331. The van der Waals surface area contributed by atoms with E-state index in [4.69, 9.17) is 0 Å². The maximum absolute atomic E-state index is 12.8. The average Bonchev–Trinajstić information content (AvgIpc) is 2.52. The fraction of sp³-hybridized carbons (Fsp3) is 0.917. The summed E-state index contributed by atoms with van der Waals surface area (Å²) in [5, 5.41) is 11.7. The monoisotopic (exact) mass is 443 g/mol. The second-order valence-electron chi connectivity index (χ2n) is 11.6. The first-order valence-electron chi connectivity index (χ1n) is 11.5. The van der Waals surface area contributed by atoms with E-state index in [1.54, 1.807) is 0 Å². The van der Waals surface area contributed by atoms with E-state index < -0.39 is 17.9 Å². The molecule has 2 unspecified atom stereocenters. The van der Waals surface area contributed by atoms with Crippen molar-refractivity contribution in [3.63, 3.8) is 0 Å². The Bertz CT molecular complexity index is 560. The van der Waals surface area contributed by atoms with Crippen molar-refractivity contribution in [2.24, 2.45) is 16.2 Å². The molecule has 0 saturated heterocycles. The van der Waals surface area contributed by atoms with Gasteiger partial charge in [0.2, 0.25) is 0 Å². The SMILES string of the molecule is CCCC(=O)NC1C[C](NC(=O)CCC)([Ti]([CH3])[CH3])CC(C(C)(C)C)(C(C)(C)C)C1. The molecule has 0 radical (unpaired) electrons. The van der Waals surface area contributed by atoms with Crippen LogP contribution in [0.15, 0.2) is 0 Å². The van der Waals surface area contributed by atoms with Gasteiger partial charge in [0.1, 0.15) is 0 Å². The third kappa shape index (κ3) is 6.09. The predicted octanol–water partition coefficient (Wildman–Crippen LogP) is 5.86. The van der Waals surface area contributed by atoms with Crippen LogP contribution in [0.5, 0.6) is 0 Å². The number of hydrogen-bond donors (Lipinski definition) is 2.